The van der Waals surface area contributed by atoms with Gasteiger partial charge in [0.2, 0.25) is 0 Å². The molecule has 0 bridgehead atoms. The lowest BCUT2D eigenvalue weighted by Gasteiger charge is -2.34. The summed E-state index contributed by atoms with van der Waals surface area (Å²) in [5.74, 6) is 0.553. The molecule has 3 aromatic rings. The second-order valence-corrected chi connectivity index (χ2v) is 9.08. The average Bonchev–Trinajstić information content (AvgIpc) is 2.80. The van der Waals surface area contributed by atoms with E-state index in [-0.39, 0.29) is 11.1 Å². The molecule has 1 aromatic heterocycles. The number of aryl methyl sites for hydroxylation is 1. The molecule has 0 N–H and O–H groups in total. The van der Waals surface area contributed by atoms with E-state index in [0.717, 1.165) is 37.9 Å². The van der Waals surface area contributed by atoms with Crippen LogP contribution in [-0.4, -0.2) is 55.0 Å². The third-order valence-electron chi connectivity index (χ3n) is 6.93. The average molecular weight is 474 g/mol. The number of fused-ring (bicyclic) bond motifs is 1. The predicted octanol–water partition coefficient (Wildman–Crippen LogP) is 4.21. The Bertz CT molecular complexity index is 1260. The molecular weight excluding hydrogens is 443 g/mol. The minimum absolute atomic E-state index is 0.196. The van der Waals surface area contributed by atoms with Crippen LogP contribution in [0.5, 0.6) is 0 Å². The van der Waals surface area contributed by atoms with Crippen LogP contribution in [0.25, 0.3) is 10.8 Å². The Morgan fingerprint density at radius 1 is 1.03 bits per heavy atom. The molecule has 0 saturated carbocycles. The Hall–Kier alpha value is -3.07. The van der Waals surface area contributed by atoms with Gasteiger partial charge in [-0.2, -0.15) is 18.3 Å². The highest BCUT2D eigenvalue weighted by atomic mass is 19.4. The zero-order chi connectivity index (χ0) is 24.8. The number of anilines is 2. The van der Waals surface area contributed by atoms with Crippen LogP contribution in [0.15, 0.2) is 41.2 Å². The van der Waals surface area contributed by atoms with Crippen molar-refractivity contribution in [3.8, 4) is 0 Å². The molecule has 2 aromatic carbocycles. The van der Waals surface area contributed by atoms with Gasteiger partial charge < -0.3 is 14.7 Å². The van der Waals surface area contributed by atoms with E-state index in [2.05, 4.69) is 21.9 Å². The van der Waals surface area contributed by atoms with Gasteiger partial charge >= 0.3 is 6.18 Å². The Morgan fingerprint density at radius 3 is 2.35 bits per heavy atom. The fraction of sp³-hybridized carbons (Fsp3) is 0.440. The second kappa shape index (κ2) is 8.94. The van der Waals surface area contributed by atoms with Crippen LogP contribution < -0.4 is 15.4 Å². The first-order valence-corrected chi connectivity index (χ1v) is 11.3. The molecule has 1 aliphatic heterocycles. The van der Waals surface area contributed by atoms with E-state index in [4.69, 9.17) is 0 Å². The van der Waals surface area contributed by atoms with Crippen molar-refractivity contribution >= 4 is 22.3 Å². The van der Waals surface area contributed by atoms with Gasteiger partial charge in [-0.3, -0.25) is 4.79 Å². The van der Waals surface area contributed by atoms with E-state index in [0.29, 0.717) is 22.2 Å². The zero-order valence-electron chi connectivity index (χ0n) is 20.1. The number of likely N-dealkylation sites (N-methyl/N-ethyl adjacent to an activating group) is 1. The number of hydrogen-bond donors (Lipinski definition) is 0. The lowest BCUT2D eigenvalue weighted by atomic mass is 9.96. The number of aromatic nitrogens is 2. The van der Waals surface area contributed by atoms with Gasteiger partial charge in [-0.25, -0.2) is 4.68 Å². The van der Waals surface area contributed by atoms with Crippen molar-refractivity contribution in [2.24, 2.45) is 7.05 Å². The summed E-state index contributed by atoms with van der Waals surface area (Å²) in [4.78, 5) is 19.2. The summed E-state index contributed by atoms with van der Waals surface area (Å²) < 4.78 is 41.8. The van der Waals surface area contributed by atoms with E-state index >= 15 is 0 Å². The number of benzene rings is 2. The molecule has 1 fully saturated rings. The minimum Gasteiger partial charge on any atom is -0.369 e. The van der Waals surface area contributed by atoms with Crippen molar-refractivity contribution in [3.05, 3.63) is 63.4 Å². The first-order chi connectivity index (χ1) is 16.0. The largest absolute Gasteiger partial charge is 0.416 e. The summed E-state index contributed by atoms with van der Waals surface area (Å²) in [7, 11) is 5.49. The van der Waals surface area contributed by atoms with Crippen molar-refractivity contribution in [1.82, 2.24) is 14.7 Å². The SMILES string of the molecule is Cc1c([C@@H](C)N(C)c2nn(C)c(=O)c3ccc(N4CCN(C)CC4)cc23)cccc1C(F)(F)F. The molecule has 1 atom stereocenters. The van der Waals surface area contributed by atoms with Crippen LogP contribution in [0.1, 0.15) is 29.7 Å². The smallest absolute Gasteiger partial charge is 0.369 e. The molecule has 2 heterocycles. The zero-order valence-corrected chi connectivity index (χ0v) is 20.1. The highest BCUT2D eigenvalue weighted by Crippen LogP contribution is 2.37. The molecule has 0 amide bonds. The van der Waals surface area contributed by atoms with Crippen molar-refractivity contribution in [2.45, 2.75) is 26.1 Å². The third kappa shape index (κ3) is 4.36. The molecule has 9 heteroatoms. The first kappa shape index (κ1) is 24.1. The quantitative estimate of drug-likeness (QED) is 0.568. The molecule has 0 aliphatic carbocycles. The summed E-state index contributed by atoms with van der Waals surface area (Å²) in [5.41, 5.74) is 0.923. The summed E-state index contributed by atoms with van der Waals surface area (Å²) in [6.07, 6.45) is -4.42. The predicted molar refractivity (Wildman–Crippen MR) is 130 cm³/mol. The molecule has 1 aliphatic rings. The molecule has 6 nitrogen and oxygen atoms in total. The fourth-order valence-corrected chi connectivity index (χ4v) is 4.65. The van der Waals surface area contributed by atoms with Crippen LogP contribution in [0.2, 0.25) is 0 Å². The van der Waals surface area contributed by atoms with E-state index < -0.39 is 17.8 Å². The number of nitrogens with zero attached hydrogens (tertiary/aromatic N) is 5. The Kier molecular flexibility index (Phi) is 6.33. The van der Waals surface area contributed by atoms with E-state index in [1.807, 2.05) is 30.0 Å². The Balaban J connectivity index is 1.79. The molecule has 0 spiro atoms. The van der Waals surface area contributed by atoms with Gasteiger partial charge in [-0.05, 0) is 56.3 Å². The van der Waals surface area contributed by atoms with Crippen LogP contribution in [-0.2, 0) is 13.2 Å². The number of alkyl halides is 3. The number of halogens is 3. The highest BCUT2D eigenvalue weighted by Gasteiger charge is 2.34. The van der Waals surface area contributed by atoms with Gasteiger partial charge in [0.15, 0.2) is 5.82 Å². The Morgan fingerprint density at radius 2 is 1.71 bits per heavy atom. The summed E-state index contributed by atoms with van der Waals surface area (Å²) in [6, 6.07) is 9.62. The van der Waals surface area contributed by atoms with Crippen LogP contribution in [0.4, 0.5) is 24.7 Å². The lowest BCUT2D eigenvalue weighted by Crippen LogP contribution is -2.44. The summed E-state index contributed by atoms with van der Waals surface area (Å²) in [6.45, 7) is 7.01. The number of rotatable bonds is 4. The van der Waals surface area contributed by atoms with E-state index in [1.165, 1.54) is 17.7 Å². The van der Waals surface area contributed by atoms with Crippen molar-refractivity contribution in [3.63, 3.8) is 0 Å². The molecule has 0 radical (unpaired) electrons. The monoisotopic (exact) mass is 473 g/mol. The van der Waals surface area contributed by atoms with Gasteiger partial charge in [0.25, 0.3) is 5.56 Å². The minimum atomic E-state index is -4.42. The maximum Gasteiger partial charge on any atom is 0.416 e. The topological polar surface area (TPSA) is 44.6 Å². The number of hydrogen-bond acceptors (Lipinski definition) is 5. The standard InChI is InChI=1S/C25H30F3N5O/c1-16-19(7-6-8-22(16)25(26,27)28)17(2)31(4)23-21-15-18(33-13-11-30(3)12-14-33)9-10-20(21)24(34)32(5)29-23/h6-10,15,17H,11-14H2,1-5H3/t17-/m1/s1. The van der Waals surface area contributed by atoms with Crippen molar-refractivity contribution < 1.29 is 13.2 Å². The molecule has 34 heavy (non-hydrogen) atoms. The molecule has 182 valence electrons. The van der Waals surface area contributed by atoms with E-state index in [9.17, 15) is 18.0 Å². The molecule has 1 saturated heterocycles. The van der Waals surface area contributed by atoms with Gasteiger partial charge in [0, 0.05) is 51.3 Å². The maximum absolute atomic E-state index is 13.5. The van der Waals surface area contributed by atoms with Crippen LogP contribution >= 0.6 is 0 Å². The summed E-state index contributed by atoms with van der Waals surface area (Å²) in [5, 5.41) is 5.75. The fourth-order valence-electron chi connectivity index (χ4n) is 4.65. The van der Waals surface area contributed by atoms with Crippen molar-refractivity contribution in [1.29, 1.82) is 0 Å². The molecular formula is C25H30F3N5O. The maximum atomic E-state index is 13.5. The Labute approximate surface area is 197 Å². The second-order valence-electron chi connectivity index (χ2n) is 9.08. The van der Waals surface area contributed by atoms with Crippen LogP contribution in [0.3, 0.4) is 0 Å². The summed E-state index contributed by atoms with van der Waals surface area (Å²) >= 11 is 0. The molecule has 4 rings (SSSR count). The van der Waals surface area contributed by atoms with Gasteiger partial charge in [-0.15, -0.1) is 0 Å². The van der Waals surface area contributed by atoms with Gasteiger partial charge in [0.05, 0.1) is 17.0 Å². The third-order valence-corrected chi connectivity index (χ3v) is 6.93. The number of piperazine rings is 1. The van der Waals surface area contributed by atoms with Gasteiger partial charge in [-0.1, -0.05) is 12.1 Å². The highest BCUT2D eigenvalue weighted by molar-refractivity contribution is 5.94. The van der Waals surface area contributed by atoms with Gasteiger partial charge in [0.1, 0.15) is 0 Å². The normalized spacial score (nSPS) is 16.2. The molecule has 0 unspecified atom stereocenters. The first-order valence-electron chi connectivity index (χ1n) is 11.3. The van der Waals surface area contributed by atoms with Crippen molar-refractivity contribution in [2.75, 3.05) is 50.1 Å². The van der Waals surface area contributed by atoms with Crippen LogP contribution in [0, 0.1) is 6.92 Å². The lowest BCUT2D eigenvalue weighted by molar-refractivity contribution is -0.138. The van der Waals surface area contributed by atoms with E-state index in [1.54, 1.807) is 20.2 Å².